The minimum absolute atomic E-state index is 0.0229. The van der Waals surface area contributed by atoms with Crippen LogP contribution in [0.5, 0.6) is 5.75 Å². The zero-order valence-corrected chi connectivity index (χ0v) is 20.8. The normalized spacial score (nSPS) is 15.5. The van der Waals surface area contributed by atoms with Gasteiger partial charge in [0.05, 0.1) is 11.6 Å². The van der Waals surface area contributed by atoms with Crippen LogP contribution in [0.15, 0.2) is 102 Å². The van der Waals surface area contributed by atoms with Crippen molar-refractivity contribution in [3.63, 3.8) is 0 Å². The standard InChI is InChI=1S/C29H23N3O4S/c1-19-30-31-29(37-19)32-26(22-13-8-14-23(17-22)36-18-21-11-6-3-7-12-21)25(27(34)28(32)35)24(33)16-15-20-9-4-2-5-10-20/h2-17,26,34H,18H2,1H3/b16-15+. The van der Waals surface area contributed by atoms with E-state index in [0.29, 0.717) is 28.1 Å². The number of rotatable bonds is 8. The van der Waals surface area contributed by atoms with Gasteiger partial charge in [-0.2, -0.15) is 0 Å². The number of amides is 1. The van der Waals surface area contributed by atoms with Crippen molar-refractivity contribution >= 4 is 34.2 Å². The van der Waals surface area contributed by atoms with Gasteiger partial charge in [0.2, 0.25) is 5.13 Å². The molecule has 184 valence electrons. The van der Waals surface area contributed by atoms with E-state index in [1.807, 2.05) is 66.7 Å². The number of hydrogen-bond donors (Lipinski definition) is 1. The molecule has 0 spiro atoms. The molecule has 37 heavy (non-hydrogen) atoms. The topological polar surface area (TPSA) is 92.6 Å². The molecule has 0 saturated heterocycles. The zero-order chi connectivity index (χ0) is 25.8. The molecule has 1 atom stereocenters. The summed E-state index contributed by atoms with van der Waals surface area (Å²) in [6.07, 6.45) is 3.02. The maximum atomic E-state index is 13.4. The number of benzene rings is 3. The number of allylic oxidation sites excluding steroid dienone is 1. The fraction of sp³-hybridized carbons (Fsp3) is 0.103. The van der Waals surface area contributed by atoms with Gasteiger partial charge in [-0.15, -0.1) is 10.2 Å². The highest BCUT2D eigenvalue weighted by Crippen LogP contribution is 2.42. The van der Waals surface area contributed by atoms with Crippen LogP contribution in [0.2, 0.25) is 0 Å². The van der Waals surface area contributed by atoms with Crippen molar-refractivity contribution in [1.29, 1.82) is 0 Å². The average molecular weight is 510 g/mol. The lowest BCUT2D eigenvalue weighted by Crippen LogP contribution is -2.30. The molecule has 1 N–H and O–H groups in total. The molecule has 8 heteroatoms. The number of carbonyl (C=O) groups is 2. The SMILES string of the molecule is Cc1nnc(N2C(=O)C(O)=C(C(=O)/C=C/c3ccccc3)C2c2cccc(OCc3ccccc3)c2)s1. The van der Waals surface area contributed by atoms with Crippen molar-refractivity contribution in [2.45, 2.75) is 19.6 Å². The molecule has 3 aromatic carbocycles. The highest BCUT2D eigenvalue weighted by molar-refractivity contribution is 7.15. The summed E-state index contributed by atoms with van der Waals surface area (Å²) in [5, 5.41) is 20.0. The monoisotopic (exact) mass is 509 g/mol. The number of aromatic nitrogens is 2. The Kier molecular flexibility index (Phi) is 6.91. The molecule has 0 fully saturated rings. The third kappa shape index (κ3) is 5.19. The Hall–Kier alpha value is -4.56. The molecule has 1 aliphatic heterocycles. The van der Waals surface area contributed by atoms with Gasteiger partial charge in [-0.05, 0) is 41.8 Å². The number of aliphatic hydroxyl groups excluding tert-OH is 1. The molecular formula is C29H23N3O4S. The first kappa shape index (κ1) is 24.1. The van der Waals surface area contributed by atoms with Crippen molar-refractivity contribution in [1.82, 2.24) is 10.2 Å². The quantitative estimate of drug-likeness (QED) is 0.311. The predicted octanol–water partition coefficient (Wildman–Crippen LogP) is 5.61. The van der Waals surface area contributed by atoms with Crippen LogP contribution >= 0.6 is 11.3 Å². The van der Waals surface area contributed by atoms with Crippen molar-refractivity contribution in [2.24, 2.45) is 0 Å². The summed E-state index contributed by atoms with van der Waals surface area (Å²) in [5.41, 5.74) is 2.41. The Bertz CT molecular complexity index is 1500. The first-order valence-corrected chi connectivity index (χ1v) is 12.4. The van der Waals surface area contributed by atoms with E-state index >= 15 is 0 Å². The van der Waals surface area contributed by atoms with Crippen LogP contribution < -0.4 is 9.64 Å². The number of aryl methyl sites for hydroxylation is 1. The van der Waals surface area contributed by atoms with Crippen LogP contribution in [0.1, 0.15) is 27.7 Å². The van der Waals surface area contributed by atoms with E-state index in [2.05, 4.69) is 10.2 Å². The lowest BCUT2D eigenvalue weighted by atomic mass is 9.95. The lowest BCUT2D eigenvalue weighted by molar-refractivity contribution is -0.117. The van der Waals surface area contributed by atoms with Gasteiger partial charge in [-0.1, -0.05) is 90.2 Å². The predicted molar refractivity (Wildman–Crippen MR) is 142 cm³/mol. The summed E-state index contributed by atoms with van der Waals surface area (Å²) < 4.78 is 5.99. The Labute approximate surface area is 218 Å². The van der Waals surface area contributed by atoms with Gasteiger partial charge in [0.25, 0.3) is 5.91 Å². The molecule has 0 saturated carbocycles. The fourth-order valence-corrected chi connectivity index (χ4v) is 4.81. The summed E-state index contributed by atoms with van der Waals surface area (Å²) in [4.78, 5) is 27.9. The fourth-order valence-electron chi connectivity index (χ4n) is 4.09. The molecule has 7 nitrogen and oxygen atoms in total. The highest BCUT2D eigenvalue weighted by Gasteiger charge is 2.45. The lowest BCUT2D eigenvalue weighted by Gasteiger charge is -2.24. The summed E-state index contributed by atoms with van der Waals surface area (Å²) >= 11 is 1.21. The van der Waals surface area contributed by atoms with Gasteiger partial charge < -0.3 is 9.84 Å². The van der Waals surface area contributed by atoms with Gasteiger partial charge in [0.15, 0.2) is 11.5 Å². The Balaban J connectivity index is 1.51. The molecule has 0 bridgehead atoms. The molecule has 1 unspecified atom stereocenters. The van der Waals surface area contributed by atoms with Crippen LogP contribution in [0.4, 0.5) is 5.13 Å². The molecule has 4 aromatic rings. The molecular weight excluding hydrogens is 486 g/mol. The maximum absolute atomic E-state index is 13.4. The number of hydrogen-bond acceptors (Lipinski definition) is 7. The highest BCUT2D eigenvalue weighted by atomic mass is 32.1. The van der Waals surface area contributed by atoms with Crippen LogP contribution in [0, 0.1) is 6.92 Å². The van der Waals surface area contributed by atoms with Crippen LogP contribution in [-0.4, -0.2) is 27.0 Å². The summed E-state index contributed by atoms with van der Waals surface area (Å²) in [6.45, 7) is 2.14. The average Bonchev–Trinajstić information content (AvgIpc) is 3.47. The molecule has 1 aliphatic rings. The van der Waals surface area contributed by atoms with Crippen LogP contribution in [-0.2, 0) is 16.2 Å². The van der Waals surface area contributed by atoms with Gasteiger partial charge in [-0.3, -0.25) is 14.5 Å². The Morgan fingerprint density at radius 3 is 2.46 bits per heavy atom. The Morgan fingerprint density at radius 2 is 1.76 bits per heavy atom. The van der Waals surface area contributed by atoms with E-state index in [9.17, 15) is 14.7 Å². The minimum atomic E-state index is -0.895. The first-order valence-electron chi connectivity index (χ1n) is 11.6. The molecule has 0 radical (unpaired) electrons. The minimum Gasteiger partial charge on any atom is -0.503 e. The third-order valence-electron chi connectivity index (χ3n) is 5.84. The number of carbonyl (C=O) groups excluding carboxylic acids is 2. The molecule has 2 heterocycles. The number of anilines is 1. The van der Waals surface area contributed by atoms with E-state index in [0.717, 1.165) is 11.1 Å². The van der Waals surface area contributed by atoms with E-state index < -0.39 is 23.5 Å². The van der Waals surface area contributed by atoms with Crippen molar-refractivity contribution < 1.29 is 19.4 Å². The third-order valence-corrected chi connectivity index (χ3v) is 6.68. The van der Waals surface area contributed by atoms with Gasteiger partial charge in [0.1, 0.15) is 17.4 Å². The molecule has 1 aromatic heterocycles. The summed E-state index contributed by atoms with van der Waals surface area (Å²) in [6, 6.07) is 25.4. The largest absolute Gasteiger partial charge is 0.503 e. The zero-order valence-electron chi connectivity index (χ0n) is 19.9. The van der Waals surface area contributed by atoms with E-state index in [1.54, 1.807) is 31.2 Å². The van der Waals surface area contributed by atoms with E-state index in [4.69, 9.17) is 4.74 Å². The van der Waals surface area contributed by atoms with Crippen molar-refractivity contribution in [3.05, 3.63) is 124 Å². The summed E-state index contributed by atoms with van der Waals surface area (Å²) in [5.74, 6) is -1.20. The second kappa shape index (κ2) is 10.6. The first-order chi connectivity index (χ1) is 18.0. The number of ether oxygens (including phenoxy) is 1. The number of ketones is 1. The molecule has 5 rings (SSSR count). The van der Waals surface area contributed by atoms with Gasteiger partial charge in [0, 0.05) is 0 Å². The number of nitrogens with zero attached hydrogens (tertiary/aromatic N) is 3. The Morgan fingerprint density at radius 1 is 1.03 bits per heavy atom. The van der Waals surface area contributed by atoms with Gasteiger partial charge >= 0.3 is 0 Å². The second-order valence-electron chi connectivity index (χ2n) is 8.40. The van der Waals surface area contributed by atoms with Crippen LogP contribution in [0.3, 0.4) is 0 Å². The maximum Gasteiger partial charge on any atom is 0.296 e. The molecule has 0 aliphatic carbocycles. The van der Waals surface area contributed by atoms with Gasteiger partial charge in [-0.25, -0.2) is 0 Å². The van der Waals surface area contributed by atoms with Crippen LogP contribution in [0.25, 0.3) is 6.08 Å². The molecule has 1 amide bonds. The smallest absolute Gasteiger partial charge is 0.296 e. The van der Waals surface area contributed by atoms with Crippen molar-refractivity contribution in [3.8, 4) is 5.75 Å². The second-order valence-corrected chi connectivity index (χ2v) is 9.56. The van der Waals surface area contributed by atoms with E-state index in [-0.39, 0.29) is 5.57 Å². The van der Waals surface area contributed by atoms with E-state index in [1.165, 1.54) is 22.3 Å². The summed E-state index contributed by atoms with van der Waals surface area (Å²) in [7, 11) is 0. The number of aliphatic hydroxyl groups is 1. The van der Waals surface area contributed by atoms with Crippen molar-refractivity contribution in [2.75, 3.05) is 4.90 Å².